The molecule has 5 nitrogen and oxygen atoms in total. The predicted octanol–water partition coefficient (Wildman–Crippen LogP) is 1.04. The molecule has 0 atom stereocenters. The van der Waals surface area contributed by atoms with Crippen LogP contribution < -0.4 is 10.6 Å². The van der Waals surface area contributed by atoms with Crippen LogP contribution in [0.5, 0.6) is 0 Å². The van der Waals surface area contributed by atoms with Crippen LogP contribution in [0.4, 0.5) is 10.6 Å². The summed E-state index contributed by atoms with van der Waals surface area (Å²) in [5.41, 5.74) is 0.990. The number of amides is 2. The second-order valence-electron chi connectivity index (χ2n) is 2.92. The van der Waals surface area contributed by atoms with E-state index in [1.54, 1.807) is 16.8 Å². The Kier molecular flexibility index (Phi) is 3.28. The van der Waals surface area contributed by atoms with Gasteiger partial charge in [-0.1, -0.05) is 6.08 Å². The minimum atomic E-state index is -0.275. The molecule has 14 heavy (non-hydrogen) atoms. The van der Waals surface area contributed by atoms with Crippen molar-refractivity contribution in [2.45, 2.75) is 6.92 Å². The molecule has 0 spiro atoms. The van der Waals surface area contributed by atoms with Crippen molar-refractivity contribution < 1.29 is 4.79 Å². The van der Waals surface area contributed by atoms with Crippen LogP contribution >= 0.6 is 0 Å². The smallest absolute Gasteiger partial charge is 0.320 e. The summed E-state index contributed by atoms with van der Waals surface area (Å²) in [4.78, 5) is 11.2. The number of aryl methyl sites for hydroxylation is 2. The van der Waals surface area contributed by atoms with E-state index in [2.05, 4.69) is 22.3 Å². The quantitative estimate of drug-likeness (QED) is 0.706. The van der Waals surface area contributed by atoms with Crippen molar-refractivity contribution in [3.8, 4) is 0 Å². The first kappa shape index (κ1) is 10.3. The van der Waals surface area contributed by atoms with E-state index in [4.69, 9.17) is 0 Å². The van der Waals surface area contributed by atoms with E-state index in [0.29, 0.717) is 12.4 Å². The third kappa shape index (κ3) is 2.62. The third-order valence-corrected chi connectivity index (χ3v) is 1.76. The lowest BCUT2D eigenvalue weighted by Gasteiger charge is -2.01. The Balaban J connectivity index is 2.51. The Hall–Kier alpha value is -1.78. The van der Waals surface area contributed by atoms with Gasteiger partial charge in [-0.05, 0) is 6.92 Å². The van der Waals surface area contributed by atoms with Crippen LogP contribution in [-0.2, 0) is 7.05 Å². The van der Waals surface area contributed by atoms with Crippen molar-refractivity contribution in [2.24, 2.45) is 7.05 Å². The molecule has 76 valence electrons. The van der Waals surface area contributed by atoms with Gasteiger partial charge in [0, 0.05) is 25.4 Å². The lowest BCUT2D eigenvalue weighted by Crippen LogP contribution is -2.28. The first-order chi connectivity index (χ1) is 6.63. The topological polar surface area (TPSA) is 59.0 Å². The molecule has 0 aromatic carbocycles. The van der Waals surface area contributed by atoms with Gasteiger partial charge < -0.3 is 5.32 Å². The number of nitrogens with zero attached hydrogens (tertiary/aromatic N) is 2. The number of nitrogens with one attached hydrogen (secondary N) is 2. The predicted molar refractivity (Wildman–Crippen MR) is 55.2 cm³/mol. The number of urea groups is 1. The zero-order chi connectivity index (χ0) is 10.6. The molecule has 2 amide bonds. The number of hydrogen-bond donors (Lipinski definition) is 2. The van der Waals surface area contributed by atoms with E-state index >= 15 is 0 Å². The number of anilines is 1. The average molecular weight is 194 g/mol. The number of rotatable bonds is 3. The van der Waals surface area contributed by atoms with E-state index < -0.39 is 0 Å². The summed E-state index contributed by atoms with van der Waals surface area (Å²) in [6.07, 6.45) is 1.61. The van der Waals surface area contributed by atoms with Gasteiger partial charge in [0.2, 0.25) is 0 Å². The van der Waals surface area contributed by atoms with Gasteiger partial charge in [-0.2, -0.15) is 5.10 Å². The molecule has 0 aliphatic carbocycles. The van der Waals surface area contributed by atoms with Gasteiger partial charge >= 0.3 is 6.03 Å². The maximum atomic E-state index is 11.2. The van der Waals surface area contributed by atoms with Gasteiger partial charge in [0.1, 0.15) is 0 Å². The first-order valence-corrected chi connectivity index (χ1v) is 4.30. The molecule has 0 saturated heterocycles. The second-order valence-corrected chi connectivity index (χ2v) is 2.92. The SMILES string of the molecule is C=CCNC(=O)Nc1cc(C)n(C)n1. The normalized spacial score (nSPS) is 9.57. The van der Waals surface area contributed by atoms with E-state index in [1.165, 1.54) is 0 Å². The monoisotopic (exact) mass is 194 g/mol. The minimum Gasteiger partial charge on any atom is -0.334 e. The molecule has 0 aliphatic rings. The highest BCUT2D eigenvalue weighted by molar-refractivity contribution is 5.88. The van der Waals surface area contributed by atoms with Crippen molar-refractivity contribution >= 4 is 11.8 Å². The van der Waals surface area contributed by atoms with Crippen LogP contribution in [0.25, 0.3) is 0 Å². The lowest BCUT2D eigenvalue weighted by atomic mass is 10.4. The van der Waals surface area contributed by atoms with Gasteiger partial charge in [-0.3, -0.25) is 10.00 Å². The highest BCUT2D eigenvalue weighted by Crippen LogP contribution is 2.05. The van der Waals surface area contributed by atoms with Crippen molar-refractivity contribution in [2.75, 3.05) is 11.9 Å². The van der Waals surface area contributed by atoms with Crippen LogP contribution in [0.2, 0.25) is 0 Å². The van der Waals surface area contributed by atoms with Crippen LogP contribution in [0, 0.1) is 6.92 Å². The van der Waals surface area contributed by atoms with Crippen molar-refractivity contribution in [1.29, 1.82) is 0 Å². The standard InChI is InChI=1S/C9H14N4O/c1-4-5-10-9(14)11-8-6-7(2)13(3)12-8/h4,6H,1,5H2,2-3H3,(H2,10,11,12,14). The molecule has 1 heterocycles. The number of aromatic nitrogens is 2. The van der Waals surface area contributed by atoms with Crippen LogP contribution in [0.15, 0.2) is 18.7 Å². The minimum absolute atomic E-state index is 0.275. The van der Waals surface area contributed by atoms with E-state index in [9.17, 15) is 4.79 Å². The van der Waals surface area contributed by atoms with Gasteiger partial charge in [0.15, 0.2) is 5.82 Å². The van der Waals surface area contributed by atoms with E-state index in [-0.39, 0.29) is 6.03 Å². The molecule has 0 fully saturated rings. The fourth-order valence-electron chi connectivity index (χ4n) is 0.947. The number of carbonyl (C=O) groups excluding carboxylic acids is 1. The molecule has 0 unspecified atom stereocenters. The molecule has 0 bridgehead atoms. The maximum Gasteiger partial charge on any atom is 0.320 e. The van der Waals surface area contributed by atoms with Crippen molar-refractivity contribution in [3.63, 3.8) is 0 Å². The molecule has 1 aromatic rings. The summed E-state index contributed by atoms with van der Waals surface area (Å²) < 4.78 is 1.70. The molecule has 0 radical (unpaired) electrons. The first-order valence-electron chi connectivity index (χ1n) is 4.30. The Morgan fingerprint density at radius 3 is 3.00 bits per heavy atom. The number of hydrogen-bond acceptors (Lipinski definition) is 2. The van der Waals surface area contributed by atoms with Gasteiger partial charge in [0.05, 0.1) is 0 Å². The molecule has 1 aromatic heterocycles. The molecule has 2 N–H and O–H groups in total. The highest BCUT2D eigenvalue weighted by Gasteiger charge is 2.04. The zero-order valence-corrected chi connectivity index (χ0v) is 8.37. The third-order valence-electron chi connectivity index (χ3n) is 1.76. The molecule has 0 aliphatic heterocycles. The molecule has 0 saturated carbocycles. The number of carbonyl (C=O) groups is 1. The van der Waals surface area contributed by atoms with Crippen LogP contribution in [0.3, 0.4) is 0 Å². The Morgan fingerprint density at radius 1 is 1.79 bits per heavy atom. The Labute approximate surface area is 82.8 Å². The molecular weight excluding hydrogens is 180 g/mol. The summed E-state index contributed by atoms with van der Waals surface area (Å²) >= 11 is 0. The largest absolute Gasteiger partial charge is 0.334 e. The fraction of sp³-hybridized carbons (Fsp3) is 0.333. The highest BCUT2D eigenvalue weighted by atomic mass is 16.2. The summed E-state index contributed by atoms with van der Waals surface area (Å²) in [7, 11) is 1.82. The Morgan fingerprint density at radius 2 is 2.50 bits per heavy atom. The average Bonchev–Trinajstić information content (AvgIpc) is 2.42. The summed E-state index contributed by atoms with van der Waals surface area (Å²) in [6, 6.07) is 1.52. The molecular formula is C9H14N4O. The summed E-state index contributed by atoms with van der Waals surface area (Å²) in [5.74, 6) is 0.548. The summed E-state index contributed by atoms with van der Waals surface area (Å²) in [6.45, 7) is 5.85. The van der Waals surface area contributed by atoms with Crippen molar-refractivity contribution in [3.05, 3.63) is 24.4 Å². The van der Waals surface area contributed by atoms with Gasteiger partial charge in [0.25, 0.3) is 0 Å². The van der Waals surface area contributed by atoms with Crippen molar-refractivity contribution in [1.82, 2.24) is 15.1 Å². The van der Waals surface area contributed by atoms with Crippen LogP contribution in [-0.4, -0.2) is 22.4 Å². The maximum absolute atomic E-state index is 11.2. The van der Waals surface area contributed by atoms with Crippen LogP contribution in [0.1, 0.15) is 5.69 Å². The second kappa shape index (κ2) is 4.45. The Bertz CT molecular complexity index is 323. The summed E-state index contributed by atoms with van der Waals surface area (Å²) in [5, 5.41) is 9.28. The van der Waals surface area contributed by atoms with Gasteiger partial charge in [-0.25, -0.2) is 4.79 Å². The van der Waals surface area contributed by atoms with E-state index in [0.717, 1.165) is 5.69 Å². The molecule has 5 heteroatoms. The lowest BCUT2D eigenvalue weighted by molar-refractivity contribution is 0.253. The van der Waals surface area contributed by atoms with E-state index in [1.807, 2.05) is 14.0 Å². The fourth-order valence-corrected chi connectivity index (χ4v) is 0.947. The van der Waals surface area contributed by atoms with Gasteiger partial charge in [-0.15, -0.1) is 6.58 Å². The zero-order valence-electron chi connectivity index (χ0n) is 8.37. The molecule has 1 rings (SSSR count).